The van der Waals surface area contributed by atoms with Crippen molar-refractivity contribution in [3.63, 3.8) is 0 Å². The van der Waals surface area contributed by atoms with Gasteiger partial charge in [-0.3, -0.25) is 9.59 Å². The van der Waals surface area contributed by atoms with Crippen molar-refractivity contribution in [1.82, 2.24) is 5.32 Å². The second-order valence-electron chi connectivity index (χ2n) is 4.37. The number of rotatable bonds is 9. The quantitative estimate of drug-likeness (QED) is 0.417. The van der Waals surface area contributed by atoms with Crippen molar-refractivity contribution in [2.45, 2.75) is 12.5 Å². The van der Waals surface area contributed by atoms with Gasteiger partial charge in [0.1, 0.15) is 5.75 Å². The fraction of sp³-hybridized carbons (Fsp3) is 0.467. The summed E-state index contributed by atoms with van der Waals surface area (Å²) in [5.41, 5.74) is 0.509. The summed E-state index contributed by atoms with van der Waals surface area (Å²) in [6, 6.07) is 6.11. The highest BCUT2D eigenvalue weighted by Gasteiger charge is 2.23. The lowest BCUT2D eigenvalue weighted by atomic mass is 10.0. The lowest BCUT2D eigenvalue weighted by molar-refractivity contribution is -0.141. The number of carbonyl (C=O) groups is 2. The average molecular weight is 295 g/mol. The summed E-state index contributed by atoms with van der Waals surface area (Å²) in [7, 11) is 4.43. The molecule has 21 heavy (non-hydrogen) atoms. The van der Waals surface area contributed by atoms with E-state index in [2.05, 4.69) is 10.1 Å². The molecule has 0 amide bonds. The molecule has 0 heterocycles. The number of methoxy groups -OCH3 is 3. The van der Waals surface area contributed by atoms with Crippen molar-refractivity contribution < 1.29 is 23.8 Å². The third kappa shape index (κ3) is 5.53. The van der Waals surface area contributed by atoms with Crippen LogP contribution in [0.2, 0.25) is 0 Å². The molecule has 0 fully saturated rings. The Bertz CT molecular complexity index is 458. The zero-order valence-electron chi connectivity index (χ0n) is 12.5. The average Bonchev–Trinajstić information content (AvgIpc) is 2.53. The molecule has 6 nitrogen and oxygen atoms in total. The van der Waals surface area contributed by atoms with Crippen molar-refractivity contribution in [1.29, 1.82) is 0 Å². The van der Waals surface area contributed by atoms with Crippen LogP contribution >= 0.6 is 0 Å². The van der Waals surface area contributed by atoms with Gasteiger partial charge >= 0.3 is 5.97 Å². The summed E-state index contributed by atoms with van der Waals surface area (Å²) in [5, 5.41) is 3.01. The maximum Gasteiger partial charge on any atom is 0.307 e. The minimum absolute atomic E-state index is 0.0227. The van der Waals surface area contributed by atoms with Gasteiger partial charge in [-0.25, -0.2) is 0 Å². The second kappa shape index (κ2) is 9.10. The van der Waals surface area contributed by atoms with Gasteiger partial charge in [-0.05, 0) is 24.3 Å². The number of carbonyl (C=O) groups excluding carboxylic acids is 2. The van der Waals surface area contributed by atoms with E-state index in [1.165, 1.54) is 7.11 Å². The van der Waals surface area contributed by atoms with Gasteiger partial charge in [-0.1, -0.05) is 0 Å². The van der Waals surface area contributed by atoms with Crippen LogP contribution in [0, 0.1) is 0 Å². The molecule has 0 spiro atoms. The zero-order chi connectivity index (χ0) is 15.7. The topological polar surface area (TPSA) is 73.9 Å². The third-order valence-electron chi connectivity index (χ3n) is 2.99. The van der Waals surface area contributed by atoms with Crippen LogP contribution in [0.5, 0.6) is 5.75 Å². The van der Waals surface area contributed by atoms with Gasteiger partial charge < -0.3 is 19.5 Å². The van der Waals surface area contributed by atoms with Crippen LogP contribution in [-0.4, -0.2) is 52.3 Å². The van der Waals surface area contributed by atoms with Crippen LogP contribution in [0.1, 0.15) is 16.8 Å². The number of Topliss-reactive ketones (excluding diaryl/α,β-unsaturated/α-hetero) is 1. The third-order valence-corrected chi connectivity index (χ3v) is 2.99. The van der Waals surface area contributed by atoms with E-state index in [9.17, 15) is 9.59 Å². The van der Waals surface area contributed by atoms with E-state index < -0.39 is 12.0 Å². The van der Waals surface area contributed by atoms with Gasteiger partial charge in [-0.15, -0.1) is 0 Å². The fourth-order valence-corrected chi connectivity index (χ4v) is 1.80. The first kappa shape index (κ1) is 17.1. The van der Waals surface area contributed by atoms with E-state index >= 15 is 0 Å². The molecule has 0 radical (unpaired) electrons. The molecule has 0 saturated heterocycles. The SMILES string of the molecule is COCCNC(CC(=O)OC)C(=O)c1ccc(OC)cc1. The van der Waals surface area contributed by atoms with E-state index in [4.69, 9.17) is 9.47 Å². The number of hydrogen-bond acceptors (Lipinski definition) is 6. The summed E-state index contributed by atoms with van der Waals surface area (Å²) in [6.07, 6.45) is -0.0227. The number of ketones is 1. The van der Waals surface area contributed by atoms with Crippen LogP contribution in [0.3, 0.4) is 0 Å². The fourth-order valence-electron chi connectivity index (χ4n) is 1.80. The molecule has 1 aromatic carbocycles. The highest BCUT2D eigenvalue weighted by molar-refractivity contribution is 6.01. The Morgan fingerprint density at radius 3 is 2.33 bits per heavy atom. The number of benzene rings is 1. The predicted octanol–water partition coefficient (Wildman–Crippen LogP) is 1.05. The summed E-state index contributed by atoms with van der Waals surface area (Å²) in [6.45, 7) is 0.924. The van der Waals surface area contributed by atoms with E-state index in [-0.39, 0.29) is 12.2 Å². The van der Waals surface area contributed by atoms with E-state index in [0.29, 0.717) is 24.5 Å². The van der Waals surface area contributed by atoms with Gasteiger partial charge in [-0.2, -0.15) is 0 Å². The summed E-state index contributed by atoms with van der Waals surface area (Å²) >= 11 is 0. The monoisotopic (exact) mass is 295 g/mol. The minimum Gasteiger partial charge on any atom is -0.497 e. The summed E-state index contributed by atoms with van der Waals surface area (Å²) in [5.74, 6) is 0.0642. The Balaban J connectivity index is 2.78. The Morgan fingerprint density at radius 1 is 1.14 bits per heavy atom. The Kier molecular flexibility index (Phi) is 7.42. The summed E-state index contributed by atoms with van der Waals surface area (Å²) < 4.78 is 14.6. The lowest BCUT2D eigenvalue weighted by Gasteiger charge is -2.16. The molecule has 0 aliphatic heterocycles. The highest BCUT2D eigenvalue weighted by Crippen LogP contribution is 2.14. The van der Waals surface area contributed by atoms with Crippen molar-refractivity contribution in [2.24, 2.45) is 0 Å². The maximum atomic E-state index is 12.4. The van der Waals surface area contributed by atoms with Gasteiger partial charge in [0.15, 0.2) is 5.78 Å². The van der Waals surface area contributed by atoms with Gasteiger partial charge in [0.25, 0.3) is 0 Å². The van der Waals surface area contributed by atoms with E-state index in [0.717, 1.165) is 0 Å². The maximum absolute atomic E-state index is 12.4. The van der Waals surface area contributed by atoms with Crippen LogP contribution in [0.25, 0.3) is 0 Å². The molecule has 6 heteroatoms. The van der Waals surface area contributed by atoms with E-state index in [1.54, 1.807) is 38.5 Å². The standard InChI is InChI=1S/C15H21NO5/c1-19-9-8-16-13(10-14(17)21-3)15(18)11-4-6-12(20-2)7-5-11/h4-7,13,16H,8-10H2,1-3H3. The van der Waals surface area contributed by atoms with E-state index in [1.807, 2.05) is 0 Å². The van der Waals surface area contributed by atoms with Crippen molar-refractivity contribution in [2.75, 3.05) is 34.5 Å². The largest absolute Gasteiger partial charge is 0.497 e. The van der Waals surface area contributed by atoms with Gasteiger partial charge in [0.2, 0.25) is 0 Å². The normalized spacial score (nSPS) is 11.8. The van der Waals surface area contributed by atoms with Gasteiger partial charge in [0, 0.05) is 19.2 Å². The molecule has 1 rings (SSSR count). The van der Waals surface area contributed by atoms with Crippen molar-refractivity contribution >= 4 is 11.8 Å². The van der Waals surface area contributed by atoms with Gasteiger partial charge in [0.05, 0.1) is 33.3 Å². The van der Waals surface area contributed by atoms with Crippen LogP contribution < -0.4 is 10.1 Å². The Labute approximate surface area is 124 Å². The first-order valence-corrected chi connectivity index (χ1v) is 6.59. The molecule has 1 N–H and O–H groups in total. The molecule has 0 aromatic heterocycles. The molecule has 0 bridgehead atoms. The first-order valence-electron chi connectivity index (χ1n) is 6.59. The first-order chi connectivity index (χ1) is 10.1. The van der Waals surface area contributed by atoms with Crippen molar-refractivity contribution in [3.05, 3.63) is 29.8 Å². The molecule has 1 unspecified atom stereocenters. The second-order valence-corrected chi connectivity index (χ2v) is 4.37. The molecule has 1 aromatic rings. The molecule has 0 aliphatic carbocycles. The smallest absolute Gasteiger partial charge is 0.307 e. The van der Waals surface area contributed by atoms with Crippen LogP contribution in [0.4, 0.5) is 0 Å². The van der Waals surface area contributed by atoms with Crippen LogP contribution in [0.15, 0.2) is 24.3 Å². The Hall–Kier alpha value is -1.92. The number of ether oxygens (including phenoxy) is 3. The lowest BCUT2D eigenvalue weighted by Crippen LogP contribution is -2.40. The number of esters is 1. The van der Waals surface area contributed by atoms with Crippen LogP contribution in [-0.2, 0) is 14.3 Å². The number of nitrogens with one attached hydrogen (secondary N) is 1. The molecule has 116 valence electrons. The predicted molar refractivity (Wildman–Crippen MR) is 77.6 cm³/mol. The Morgan fingerprint density at radius 2 is 1.81 bits per heavy atom. The number of hydrogen-bond donors (Lipinski definition) is 1. The molecular formula is C15H21NO5. The molecule has 0 saturated carbocycles. The molecular weight excluding hydrogens is 274 g/mol. The minimum atomic E-state index is -0.638. The van der Waals surface area contributed by atoms with Crippen molar-refractivity contribution in [3.8, 4) is 5.75 Å². The highest BCUT2D eigenvalue weighted by atomic mass is 16.5. The molecule has 0 aliphatic rings. The zero-order valence-corrected chi connectivity index (χ0v) is 12.5. The molecule has 1 atom stereocenters. The summed E-state index contributed by atoms with van der Waals surface area (Å²) in [4.78, 5) is 23.9.